The van der Waals surface area contributed by atoms with Crippen molar-refractivity contribution in [1.29, 1.82) is 0 Å². The Morgan fingerprint density at radius 1 is 1.45 bits per heavy atom. The molecule has 170 valence electrons. The summed E-state index contributed by atoms with van der Waals surface area (Å²) >= 11 is 3.85. The summed E-state index contributed by atoms with van der Waals surface area (Å²) in [6.07, 6.45) is 3.24. The van der Waals surface area contributed by atoms with E-state index in [0.29, 0.717) is 5.69 Å². The number of nitrogen functional groups attached to an aromatic ring is 1. The van der Waals surface area contributed by atoms with E-state index in [-0.39, 0.29) is 69.7 Å². The van der Waals surface area contributed by atoms with Crippen LogP contribution in [-0.2, 0) is 19.2 Å². The predicted octanol–water partition coefficient (Wildman–Crippen LogP) is 0.0681. The number of amides is 2. The average Bonchev–Trinajstić information content (AvgIpc) is 3.45. The fourth-order valence-corrected chi connectivity index (χ4v) is 5.93. The van der Waals surface area contributed by atoms with E-state index >= 15 is 0 Å². The second-order valence-electron chi connectivity index (χ2n) is 7.02. The van der Waals surface area contributed by atoms with Gasteiger partial charge in [0.25, 0.3) is 5.91 Å². The van der Waals surface area contributed by atoms with E-state index in [1.165, 1.54) is 35.1 Å². The Labute approximate surface area is 222 Å². The third-order valence-electron chi connectivity index (χ3n) is 5.00. The standard InChI is InChI=1S/C18H18N6O5S3.Na.H/c1-29-23-11(10-5-31-17(19)21-10)13(25)22-12-14(26)24-6-18(16(27)28,7-32-15(12)24)3-2-9-4-30-8-20-9;;/h2-5,8,12,15H,6-7H2,1H3,(H2,19,21)(H,22,25)(H,27,28);;/t12?,15-,18?;;/m1../s1. The second kappa shape index (κ2) is 10.5. The number of carboxylic acids is 1. The minimum absolute atomic E-state index is 0. The summed E-state index contributed by atoms with van der Waals surface area (Å²) < 4.78 is 0. The summed E-state index contributed by atoms with van der Waals surface area (Å²) in [7, 11) is 1.29. The molecule has 0 bridgehead atoms. The van der Waals surface area contributed by atoms with Crippen LogP contribution in [0.25, 0.3) is 6.08 Å². The molecule has 11 nitrogen and oxygen atoms in total. The first kappa shape index (κ1) is 25.6. The SMILES string of the molecule is CON=C(C(=O)NC1C(=O)N2CC(C=Cc3cscn3)(C(=O)O)CS[C@H]12)c1csc(N)n1.[NaH]. The second-order valence-corrected chi connectivity index (χ2v) is 9.73. The van der Waals surface area contributed by atoms with Crippen LogP contribution in [0.5, 0.6) is 0 Å². The van der Waals surface area contributed by atoms with Crippen molar-refractivity contribution in [3.05, 3.63) is 33.7 Å². The number of carboxylic acid groups (broad SMARTS) is 1. The average molecular weight is 519 g/mol. The van der Waals surface area contributed by atoms with Crippen molar-refractivity contribution in [3.8, 4) is 0 Å². The molecule has 0 radical (unpaired) electrons. The molecule has 2 fully saturated rings. The van der Waals surface area contributed by atoms with Gasteiger partial charge >= 0.3 is 35.5 Å². The molecule has 0 saturated carbocycles. The van der Waals surface area contributed by atoms with Crippen molar-refractivity contribution in [2.24, 2.45) is 10.6 Å². The van der Waals surface area contributed by atoms with Crippen LogP contribution in [0.15, 0.2) is 27.5 Å². The Kier molecular flexibility index (Phi) is 8.18. The summed E-state index contributed by atoms with van der Waals surface area (Å²) in [6, 6.07) is -0.806. The fraction of sp³-hybridized carbons (Fsp3) is 0.333. The molecule has 2 unspecified atom stereocenters. The molecule has 2 amide bonds. The normalized spacial score (nSPS) is 24.6. The molecular formula is C18H19N6NaO5S3. The van der Waals surface area contributed by atoms with E-state index in [0.717, 1.165) is 11.3 Å². The van der Waals surface area contributed by atoms with Gasteiger partial charge in [-0.25, -0.2) is 9.97 Å². The van der Waals surface area contributed by atoms with Crippen LogP contribution in [0, 0.1) is 5.41 Å². The number of aliphatic carboxylic acids is 1. The molecule has 4 N–H and O–H groups in total. The topological polar surface area (TPSA) is 160 Å². The van der Waals surface area contributed by atoms with Crippen LogP contribution in [-0.4, -0.2) is 104 Å². The molecule has 2 saturated heterocycles. The molecule has 0 spiro atoms. The summed E-state index contributed by atoms with van der Waals surface area (Å²) in [5.74, 6) is -1.77. The Hall–Kier alpha value is -1.97. The van der Waals surface area contributed by atoms with E-state index in [2.05, 4.69) is 20.4 Å². The zero-order valence-corrected chi connectivity index (χ0v) is 19.1. The number of β-lactam (4-membered cyclic amide) rings is 1. The number of carbonyl (C=O) groups excluding carboxylic acids is 2. The first-order valence-electron chi connectivity index (χ1n) is 9.21. The molecule has 2 aliphatic heterocycles. The van der Waals surface area contributed by atoms with E-state index in [4.69, 9.17) is 10.6 Å². The monoisotopic (exact) mass is 518 g/mol. The van der Waals surface area contributed by atoms with Crippen molar-refractivity contribution >= 4 is 98.7 Å². The van der Waals surface area contributed by atoms with E-state index in [1.54, 1.807) is 28.4 Å². The first-order valence-corrected chi connectivity index (χ1v) is 12.1. The van der Waals surface area contributed by atoms with Crippen LogP contribution < -0.4 is 11.1 Å². The van der Waals surface area contributed by atoms with Crippen molar-refractivity contribution in [3.63, 3.8) is 0 Å². The zero-order chi connectivity index (χ0) is 22.9. The molecule has 3 atom stereocenters. The van der Waals surface area contributed by atoms with Gasteiger partial charge in [-0.2, -0.15) is 0 Å². The van der Waals surface area contributed by atoms with Crippen molar-refractivity contribution < 1.29 is 24.3 Å². The Balaban J connectivity index is 0.00000306. The van der Waals surface area contributed by atoms with Crippen LogP contribution in [0.1, 0.15) is 11.4 Å². The van der Waals surface area contributed by atoms with Crippen molar-refractivity contribution in [2.75, 3.05) is 25.1 Å². The Morgan fingerprint density at radius 3 is 2.85 bits per heavy atom. The molecule has 4 heterocycles. The number of hydrogen-bond acceptors (Lipinski definition) is 11. The number of thiazole rings is 2. The summed E-state index contributed by atoms with van der Waals surface area (Å²) in [4.78, 5) is 51.9. The number of hydrogen-bond donors (Lipinski definition) is 3. The number of aromatic nitrogens is 2. The molecule has 0 aromatic carbocycles. The molecule has 33 heavy (non-hydrogen) atoms. The van der Waals surface area contributed by atoms with Gasteiger partial charge in [0.1, 0.15) is 29.6 Å². The van der Waals surface area contributed by atoms with Gasteiger partial charge in [-0.15, -0.1) is 34.4 Å². The Morgan fingerprint density at radius 2 is 2.24 bits per heavy atom. The summed E-state index contributed by atoms with van der Waals surface area (Å²) in [5.41, 5.74) is 6.85. The molecule has 2 aromatic rings. The molecule has 0 aliphatic carbocycles. The molecule has 2 aromatic heterocycles. The van der Waals surface area contributed by atoms with Gasteiger partial charge < -0.3 is 25.9 Å². The van der Waals surface area contributed by atoms with E-state index < -0.39 is 23.3 Å². The minimum atomic E-state index is -1.24. The maximum atomic E-state index is 12.8. The molecule has 15 heteroatoms. The maximum absolute atomic E-state index is 12.8. The third-order valence-corrected chi connectivity index (χ3v) is 7.83. The zero-order valence-electron chi connectivity index (χ0n) is 16.6. The molecule has 4 rings (SSSR count). The Bertz CT molecular complexity index is 1110. The number of anilines is 1. The summed E-state index contributed by atoms with van der Waals surface area (Å²) in [5, 5.41) is 19.5. The number of nitrogens with one attached hydrogen (secondary N) is 1. The first-order chi connectivity index (χ1) is 15.3. The fourth-order valence-electron chi connectivity index (χ4n) is 3.35. The number of rotatable bonds is 7. The van der Waals surface area contributed by atoms with Crippen LogP contribution in [0.2, 0.25) is 0 Å². The number of oxime groups is 1. The van der Waals surface area contributed by atoms with Gasteiger partial charge in [-0.3, -0.25) is 14.4 Å². The van der Waals surface area contributed by atoms with Gasteiger partial charge in [-0.05, 0) is 6.08 Å². The third kappa shape index (κ3) is 5.10. The van der Waals surface area contributed by atoms with Gasteiger partial charge in [0.05, 0.1) is 11.2 Å². The summed E-state index contributed by atoms with van der Waals surface area (Å²) in [6.45, 7) is 0.00742. The molecular weight excluding hydrogens is 499 g/mol. The van der Waals surface area contributed by atoms with Crippen molar-refractivity contribution in [1.82, 2.24) is 20.2 Å². The molecule has 2 aliphatic rings. The van der Waals surface area contributed by atoms with Crippen molar-refractivity contribution in [2.45, 2.75) is 11.4 Å². The van der Waals surface area contributed by atoms with Gasteiger partial charge in [-0.1, -0.05) is 11.2 Å². The number of carbonyl (C=O) groups is 3. The number of fused-ring (bicyclic) bond motifs is 1. The quantitative estimate of drug-likeness (QED) is 0.199. The van der Waals surface area contributed by atoms with Crippen LogP contribution >= 0.6 is 34.4 Å². The van der Waals surface area contributed by atoms with E-state index in [1.807, 2.05) is 0 Å². The predicted molar refractivity (Wildman–Crippen MR) is 128 cm³/mol. The van der Waals surface area contributed by atoms with Crippen LogP contribution in [0.3, 0.4) is 0 Å². The van der Waals surface area contributed by atoms with Gasteiger partial charge in [0, 0.05) is 23.1 Å². The number of nitrogens with two attached hydrogens (primary N) is 1. The van der Waals surface area contributed by atoms with E-state index in [9.17, 15) is 19.5 Å². The van der Waals surface area contributed by atoms with Gasteiger partial charge in [0.2, 0.25) is 5.91 Å². The number of thioether (sulfide) groups is 1. The van der Waals surface area contributed by atoms with Gasteiger partial charge in [0.15, 0.2) is 10.8 Å². The number of nitrogens with zero attached hydrogens (tertiary/aromatic N) is 4. The van der Waals surface area contributed by atoms with Crippen LogP contribution in [0.4, 0.5) is 5.13 Å².